The SMILES string of the molecule is CC(=O)c1cc2ccccc2s1.CC(=O)c1cccs1. The second-order valence-corrected chi connectivity index (χ2v) is 6.27. The molecule has 0 unspecified atom stereocenters. The summed E-state index contributed by atoms with van der Waals surface area (Å²) in [5.74, 6) is 0.302. The Morgan fingerprint density at radius 1 is 0.900 bits per heavy atom. The van der Waals surface area contributed by atoms with Gasteiger partial charge in [0, 0.05) is 4.70 Å². The number of rotatable bonds is 2. The fourth-order valence-corrected chi connectivity index (χ4v) is 3.22. The molecule has 0 fully saturated rings. The van der Waals surface area contributed by atoms with Crippen LogP contribution < -0.4 is 0 Å². The van der Waals surface area contributed by atoms with Crippen molar-refractivity contribution in [3.05, 3.63) is 57.6 Å². The molecule has 0 N–H and O–H groups in total. The van der Waals surface area contributed by atoms with E-state index in [4.69, 9.17) is 0 Å². The van der Waals surface area contributed by atoms with Gasteiger partial charge < -0.3 is 0 Å². The van der Waals surface area contributed by atoms with Gasteiger partial charge in [0.25, 0.3) is 0 Å². The Morgan fingerprint density at radius 3 is 2.10 bits per heavy atom. The molecule has 2 heterocycles. The number of thiophene rings is 2. The minimum absolute atomic E-state index is 0.149. The second kappa shape index (κ2) is 6.59. The number of Topliss-reactive ketones (excluding diaryl/α,β-unsaturated/α-hetero) is 2. The number of hydrogen-bond acceptors (Lipinski definition) is 4. The van der Waals surface area contributed by atoms with Crippen LogP contribution in [0.5, 0.6) is 0 Å². The zero-order valence-electron chi connectivity index (χ0n) is 11.3. The number of benzene rings is 1. The topological polar surface area (TPSA) is 34.1 Å². The molecule has 2 aromatic heterocycles. The van der Waals surface area contributed by atoms with Gasteiger partial charge in [-0.15, -0.1) is 22.7 Å². The fraction of sp³-hybridized carbons (Fsp3) is 0.125. The highest BCUT2D eigenvalue weighted by Gasteiger charge is 2.03. The normalized spacial score (nSPS) is 9.90. The molecule has 0 bridgehead atoms. The molecule has 4 heteroatoms. The zero-order chi connectivity index (χ0) is 14.5. The number of carbonyl (C=O) groups is 2. The molecule has 0 saturated heterocycles. The highest BCUT2D eigenvalue weighted by molar-refractivity contribution is 7.20. The van der Waals surface area contributed by atoms with Crippen molar-refractivity contribution in [2.45, 2.75) is 13.8 Å². The molecular weight excluding hydrogens is 288 g/mol. The van der Waals surface area contributed by atoms with Crippen LogP contribution in [0.3, 0.4) is 0 Å². The maximum Gasteiger partial charge on any atom is 0.169 e. The van der Waals surface area contributed by atoms with E-state index in [9.17, 15) is 9.59 Å². The van der Waals surface area contributed by atoms with Crippen molar-refractivity contribution in [1.82, 2.24) is 0 Å². The van der Waals surface area contributed by atoms with E-state index in [0.29, 0.717) is 0 Å². The molecular formula is C16H14O2S2. The van der Waals surface area contributed by atoms with Crippen LogP contribution in [0.1, 0.15) is 33.2 Å². The molecule has 0 spiro atoms. The Bertz CT molecular complexity index is 691. The second-order valence-electron chi connectivity index (χ2n) is 4.24. The maximum absolute atomic E-state index is 11.0. The molecule has 2 nitrogen and oxygen atoms in total. The van der Waals surface area contributed by atoms with Gasteiger partial charge in [-0.3, -0.25) is 9.59 Å². The van der Waals surface area contributed by atoms with Crippen molar-refractivity contribution >= 4 is 44.3 Å². The summed E-state index contributed by atoms with van der Waals surface area (Å²) < 4.78 is 1.18. The first kappa shape index (κ1) is 14.6. The number of ketones is 2. The fourth-order valence-electron chi connectivity index (χ4n) is 1.63. The van der Waals surface area contributed by atoms with Crippen LogP contribution in [0.4, 0.5) is 0 Å². The van der Waals surface area contributed by atoms with Gasteiger partial charge in [0.1, 0.15) is 0 Å². The lowest BCUT2D eigenvalue weighted by molar-refractivity contribution is 0.101. The maximum atomic E-state index is 11.0. The lowest BCUT2D eigenvalue weighted by Gasteiger charge is -1.82. The van der Waals surface area contributed by atoms with Crippen LogP contribution in [0.2, 0.25) is 0 Å². The van der Waals surface area contributed by atoms with E-state index in [1.165, 1.54) is 16.0 Å². The third-order valence-electron chi connectivity index (χ3n) is 2.64. The van der Waals surface area contributed by atoms with Crippen LogP contribution >= 0.6 is 22.7 Å². The van der Waals surface area contributed by atoms with Gasteiger partial charge in [-0.1, -0.05) is 24.3 Å². The lowest BCUT2D eigenvalue weighted by atomic mass is 10.2. The zero-order valence-corrected chi connectivity index (χ0v) is 12.9. The summed E-state index contributed by atoms with van der Waals surface area (Å²) in [6, 6.07) is 13.7. The molecule has 3 aromatic rings. The van der Waals surface area contributed by atoms with E-state index in [0.717, 1.165) is 15.1 Å². The number of fused-ring (bicyclic) bond motifs is 1. The molecule has 102 valence electrons. The standard InChI is InChI=1S/C10H8OS.C6H6OS/c1-7(11)10-6-8-4-2-3-5-9(8)12-10;1-5(7)6-3-2-4-8-6/h2-6H,1H3;2-4H,1H3. The first-order chi connectivity index (χ1) is 9.58. The predicted octanol–water partition coefficient (Wildman–Crippen LogP) is 5.05. The molecule has 3 rings (SSSR count). The summed E-state index contributed by atoms with van der Waals surface area (Å²) in [4.78, 5) is 23.2. The van der Waals surface area contributed by atoms with Gasteiger partial charge in [0.05, 0.1) is 9.75 Å². The predicted molar refractivity (Wildman–Crippen MR) is 86.2 cm³/mol. The minimum Gasteiger partial charge on any atom is -0.294 e. The lowest BCUT2D eigenvalue weighted by Crippen LogP contribution is -1.83. The molecule has 20 heavy (non-hydrogen) atoms. The smallest absolute Gasteiger partial charge is 0.169 e. The Hall–Kier alpha value is -1.78. The molecule has 1 aromatic carbocycles. The van der Waals surface area contributed by atoms with Gasteiger partial charge in [-0.25, -0.2) is 0 Å². The molecule has 0 aliphatic heterocycles. The Morgan fingerprint density at radius 2 is 1.60 bits per heavy atom. The number of hydrogen-bond donors (Lipinski definition) is 0. The van der Waals surface area contributed by atoms with E-state index in [1.807, 2.05) is 47.8 Å². The van der Waals surface area contributed by atoms with Crippen molar-refractivity contribution < 1.29 is 9.59 Å². The highest BCUT2D eigenvalue weighted by atomic mass is 32.1. The van der Waals surface area contributed by atoms with Crippen LogP contribution in [0, 0.1) is 0 Å². The number of carbonyl (C=O) groups excluding carboxylic acids is 2. The highest BCUT2D eigenvalue weighted by Crippen LogP contribution is 2.25. The third kappa shape index (κ3) is 3.62. The van der Waals surface area contributed by atoms with E-state index < -0.39 is 0 Å². The van der Waals surface area contributed by atoms with Gasteiger partial charge in [0.2, 0.25) is 0 Å². The average Bonchev–Trinajstić information content (AvgIpc) is 3.08. The quantitative estimate of drug-likeness (QED) is 0.620. The summed E-state index contributed by atoms with van der Waals surface area (Å²) in [7, 11) is 0. The van der Waals surface area contributed by atoms with Crippen LogP contribution in [0.25, 0.3) is 10.1 Å². The van der Waals surface area contributed by atoms with Crippen molar-refractivity contribution in [2.24, 2.45) is 0 Å². The largest absolute Gasteiger partial charge is 0.294 e. The Balaban J connectivity index is 0.000000160. The van der Waals surface area contributed by atoms with E-state index in [-0.39, 0.29) is 11.6 Å². The summed E-state index contributed by atoms with van der Waals surface area (Å²) in [6.07, 6.45) is 0. The van der Waals surface area contributed by atoms with E-state index in [1.54, 1.807) is 25.2 Å². The molecule has 0 aliphatic carbocycles. The molecule has 0 amide bonds. The van der Waals surface area contributed by atoms with Gasteiger partial charge in [0.15, 0.2) is 11.6 Å². The van der Waals surface area contributed by atoms with Crippen LogP contribution in [-0.4, -0.2) is 11.6 Å². The molecule has 0 atom stereocenters. The summed E-state index contributed by atoms with van der Waals surface area (Å²) >= 11 is 3.04. The molecule has 0 radical (unpaired) electrons. The molecule has 0 saturated carbocycles. The van der Waals surface area contributed by atoms with Gasteiger partial charge in [-0.05, 0) is 42.8 Å². The van der Waals surface area contributed by atoms with Crippen molar-refractivity contribution in [3.63, 3.8) is 0 Å². The third-order valence-corrected chi connectivity index (χ3v) is 4.83. The van der Waals surface area contributed by atoms with Crippen LogP contribution in [0.15, 0.2) is 47.8 Å². The molecule has 0 aliphatic rings. The average molecular weight is 302 g/mol. The summed E-state index contributed by atoms with van der Waals surface area (Å²) in [5.41, 5.74) is 0. The first-order valence-electron chi connectivity index (χ1n) is 6.12. The monoisotopic (exact) mass is 302 g/mol. The first-order valence-corrected chi connectivity index (χ1v) is 7.81. The Labute approximate surface area is 125 Å². The summed E-state index contributed by atoms with van der Waals surface area (Å²) in [5, 5.41) is 3.06. The Kier molecular flexibility index (Phi) is 4.82. The van der Waals surface area contributed by atoms with Crippen molar-refractivity contribution in [1.29, 1.82) is 0 Å². The van der Waals surface area contributed by atoms with E-state index in [2.05, 4.69) is 0 Å². The summed E-state index contributed by atoms with van der Waals surface area (Å²) in [6.45, 7) is 3.18. The van der Waals surface area contributed by atoms with Gasteiger partial charge in [-0.2, -0.15) is 0 Å². The van der Waals surface area contributed by atoms with E-state index >= 15 is 0 Å². The minimum atomic E-state index is 0.149. The van der Waals surface area contributed by atoms with Crippen LogP contribution in [-0.2, 0) is 0 Å². The van der Waals surface area contributed by atoms with Gasteiger partial charge >= 0.3 is 0 Å². The van der Waals surface area contributed by atoms with Crippen molar-refractivity contribution in [3.8, 4) is 0 Å². The van der Waals surface area contributed by atoms with Crippen molar-refractivity contribution in [2.75, 3.05) is 0 Å².